The van der Waals surface area contributed by atoms with Gasteiger partial charge in [-0.05, 0) is 39.0 Å². The van der Waals surface area contributed by atoms with Crippen molar-refractivity contribution in [1.29, 1.82) is 0 Å². The largest absolute Gasteiger partial charge is 0.316 e. The number of unbranched alkanes of at least 4 members (excludes halogenated alkanes) is 12. The molecule has 0 fully saturated rings. The normalized spacial score (nSPS) is 19.0. The van der Waals surface area contributed by atoms with Crippen LogP contribution in [-0.2, 0) is 0 Å². The van der Waals surface area contributed by atoms with Crippen molar-refractivity contribution < 1.29 is 0 Å². The molecule has 3 nitrogen and oxygen atoms in total. The Morgan fingerprint density at radius 3 is 2.00 bits per heavy atom. The number of rotatable bonds is 17. The molecule has 2 unspecified atom stereocenters. The van der Waals surface area contributed by atoms with E-state index < -0.39 is 0 Å². The molecule has 1 aliphatic heterocycles. The number of hydrogen-bond acceptors (Lipinski definition) is 3. The van der Waals surface area contributed by atoms with Crippen molar-refractivity contribution in [3.63, 3.8) is 0 Å². The third-order valence-corrected chi connectivity index (χ3v) is 5.46. The summed E-state index contributed by atoms with van der Waals surface area (Å²) in [7, 11) is 0. The van der Waals surface area contributed by atoms with Crippen LogP contribution in [0.1, 0.15) is 110 Å². The lowest BCUT2D eigenvalue weighted by molar-refractivity contribution is 0.182. The van der Waals surface area contributed by atoms with Crippen LogP contribution in [-0.4, -0.2) is 30.0 Å². The van der Waals surface area contributed by atoms with Gasteiger partial charge in [-0.15, -0.1) is 0 Å². The van der Waals surface area contributed by atoms with Crippen molar-refractivity contribution >= 4 is 6.21 Å². The van der Waals surface area contributed by atoms with Crippen LogP contribution >= 0.6 is 0 Å². The van der Waals surface area contributed by atoms with Gasteiger partial charge in [0.15, 0.2) is 0 Å². The average molecular weight is 364 g/mol. The zero-order chi connectivity index (χ0) is 18.9. The first-order valence-electron chi connectivity index (χ1n) is 11.4. The molecule has 0 aromatic rings. The van der Waals surface area contributed by atoms with Gasteiger partial charge in [0.2, 0.25) is 0 Å². The summed E-state index contributed by atoms with van der Waals surface area (Å²) < 4.78 is 0. The van der Waals surface area contributed by atoms with Gasteiger partial charge in [0.25, 0.3) is 0 Å². The van der Waals surface area contributed by atoms with Gasteiger partial charge in [-0.1, -0.05) is 83.3 Å². The number of aliphatic imine (C=N–C) groups is 1. The van der Waals surface area contributed by atoms with E-state index in [-0.39, 0.29) is 6.17 Å². The van der Waals surface area contributed by atoms with Gasteiger partial charge in [-0.3, -0.25) is 9.89 Å². The highest BCUT2D eigenvalue weighted by Gasteiger charge is 2.22. The molecule has 2 N–H and O–H groups in total. The van der Waals surface area contributed by atoms with Crippen LogP contribution in [0.5, 0.6) is 0 Å². The van der Waals surface area contributed by atoms with Gasteiger partial charge in [-0.2, -0.15) is 0 Å². The minimum absolute atomic E-state index is 0.125. The molecule has 26 heavy (non-hydrogen) atoms. The zero-order valence-corrected chi connectivity index (χ0v) is 17.7. The van der Waals surface area contributed by atoms with Gasteiger partial charge >= 0.3 is 0 Å². The summed E-state index contributed by atoms with van der Waals surface area (Å²) in [6.45, 7) is 5.20. The fourth-order valence-electron chi connectivity index (χ4n) is 3.79. The van der Waals surface area contributed by atoms with Crippen LogP contribution < -0.4 is 5.73 Å². The summed E-state index contributed by atoms with van der Waals surface area (Å²) in [6, 6.07) is 0. The average Bonchev–Trinajstić information content (AvgIpc) is 3.10. The Morgan fingerprint density at radius 1 is 0.923 bits per heavy atom. The van der Waals surface area contributed by atoms with E-state index in [1.165, 1.54) is 96.3 Å². The molecule has 0 radical (unpaired) electrons. The molecule has 1 rings (SSSR count). The lowest BCUT2D eigenvalue weighted by Gasteiger charge is -2.26. The third kappa shape index (κ3) is 11.9. The van der Waals surface area contributed by atoms with Crippen LogP contribution in [0.4, 0.5) is 0 Å². The maximum absolute atomic E-state index is 5.99. The van der Waals surface area contributed by atoms with E-state index in [0.717, 1.165) is 6.54 Å². The zero-order valence-electron chi connectivity index (χ0n) is 17.7. The van der Waals surface area contributed by atoms with Crippen molar-refractivity contribution in [3.8, 4) is 0 Å². The monoisotopic (exact) mass is 363 g/mol. The SMILES string of the molecule is CC/C=C/CCCCCCCCCCCCCCC1N=CCN1C(C)N. The molecule has 1 aliphatic rings. The summed E-state index contributed by atoms with van der Waals surface area (Å²) in [6.07, 6.45) is 27.6. The van der Waals surface area contributed by atoms with E-state index in [1.807, 2.05) is 6.21 Å². The summed E-state index contributed by atoms with van der Waals surface area (Å²) in [5.41, 5.74) is 5.99. The highest BCUT2D eigenvalue weighted by atomic mass is 15.3. The topological polar surface area (TPSA) is 41.6 Å². The summed E-state index contributed by atoms with van der Waals surface area (Å²) in [5, 5.41) is 0. The molecule has 0 spiro atoms. The smallest absolute Gasteiger partial charge is 0.103 e. The Morgan fingerprint density at radius 2 is 1.46 bits per heavy atom. The van der Waals surface area contributed by atoms with Crippen LogP contribution in [0.2, 0.25) is 0 Å². The Bertz CT molecular complexity index is 362. The van der Waals surface area contributed by atoms with Crippen LogP contribution in [0.15, 0.2) is 17.1 Å². The molecule has 1 heterocycles. The highest BCUT2D eigenvalue weighted by molar-refractivity contribution is 5.62. The van der Waals surface area contributed by atoms with Gasteiger partial charge in [0, 0.05) is 12.8 Å². The molecule has 0 aromatic heterocycles. The minimum Gasteiger partial charge on any atom is -0.316 e. The first-order chi connectivity index (χ1) is 12.8. The molecular formula is C23H45N3. The van der Waals surface area contributed by atoms with Gasteiger partial charge in [0.05, 0.1) is 6.17 Å². The molecule has 0 aliphatic carbocycles. The molecule has 2 atom stereocenters. The lowest BCUT2D eigenvalue weighted by Crippen LogP contribution is -2.43. The highest BCUT2D eigenvalue weighted by Crippen LogP contribution is 2.17. The van der Waals surface area contributed by atoms with E-state index in [2.05, 4.69) is 35.9 Å². The number of nitrogens with zero attached hydrogens (tertiary/aromatic N) is 2. The minimum atomic E-state index is 0.125. The van der Waals surface area contributed by atoms with Crippen molar-refractivity contribution in [2.45, 2.75) is 122 Å². The third-order valence-electron chi connectivity index (χ3n) is 5.46. The molecule has 0 bridgehead atoms. The summed E-state index contributed by atoms with van der Waals surface area (Å²) in [4.78, 5) is 6.86. The molecule has 0 aromatic carbocycles. The molecule has 3 heteroatoms. The van der Waals surface area contributed by atoms with Gasteiger partial charge in [0.1, 0.15) is 6.17 Å². The second-order valence-corrected chi connectivity index (χ2v) is 7.95. The van der Waals surface area contributed by atoms with E-state index in [4.69, 9.17) is 5.73 Å². The molecule has 0 saturated heterocycles. The molecular weight excluding hydrogens is 318 g/mol. The quantitative estimate of drug-likeness (QED) is 0.239. The second kappa shape index (κ2) is 16.5. The van der Waals surface area contributed by atoms with E-state index >= 15 is 0 Å². The van der Waals surface area contributed by atoms with Crippen LogP contribution in [0.3, 0.4) is 0 Å². The Hall–Kier alpha value is -0.670. The first-order valence-corrected chi connectivity index (χ1v) is 11.4. The first kappa shape index (κ1) is 23.4. The predicted octanol–water partition coefficient (Wildman–Crippen LogP) is 6.43. The lowest BCUT2D eigenvalue weighted by atomic mass is 10.0. The Balaban J connectivity index is 1.77. The molecule has 152 valence electrons. The van der Waals surface area contributed by atoms with Crippen LogP contribution in [0, 0.1) is 0 Å². The summed E-state index contributed by atoms with van der Waals surface area (Å²) in [5.74, 6) is 0. The van der Waals surface area contributed by atoms with Crippen molar-refractivity contribution in [3.05, 3.63) is 12.2 Å². The number of hydrogen-bond donors (Lipinski definition) is 1. The fourth-order valence-corrected chi connectivity index (χ4v) is 3.79. The van der Waals surface area contributed by atoms with Crippen LogP contribution in [0.25, 0.3) is 0 Å². The standard InChI is InChI=1S/C23H45N3/c1-3-4-5-6-7-8-9-10-11-12-13-14-15-16-17-18-19-23-25-20-21-26(23)22(2)24/h4-5,20,22-23H,3,6-19,21,24H2,1-2H3/b5-4+. The van der Waals surface area contributed by atoms with Gasteiger partial charge < -0.3 is 5.73 Å². The number of nitrogens with two attached hydrogens (primary N) is 1. The van der Waals surface area contributed by atoms with Crippen molar-refractivity contribution in [1.82, 2.24) is 4.90 Å². The van der Waals surface area contributed by atoms with Gasteiger partial charge in [-0.25, -0.2) is 0 Å². The van der Waals surface area contributed by atoms with E-state index in [0.29, 0.717) is 6.17 Å². The van der Waals surface area contributed by atoms with E-state index in [1.54, 1.807) is 0 Å². The molecule has 0 saturated carbocycles. The van der Waals surface area contributed by atoms with Crippen molar-refractivity contribution in [2.24, 2.45) is 10.7 Å². The Labute approximate surface area is 163 Å². The van der Waals surface area contributed by atoms with E-state index in [9.17, 15) is 0 Å². The predicted molar refractivity (Wildman–Crippen MR) is 117 cm³/mol. The maximum Gasteiger partial charge on any atom is 0.103 e. The number of allylic oxidation sites excluding steroid dienone is 2. The second-order valence-electron chi connectivity index (χ2n) is 7.95. The summed E-state index contributed by atoms with van der Waals surface area (Å²) >= 11 is 0. The fraction of sp³-hybridized carbons (Fsp3) is 0.870. The van der Waals surface area contributed by atoms with Crippen molar-refractivity contribution in [2.75, 3.05) is 6.54 Å². The maximum atomic E-state index is 5.99. The molecule has 0 amide bonds. The Kier molecular flexibility index (Phi) is 14.8.